The van der Waals surface area contributed by atoms with Gasteiger partial charge in [-0.25, -0.2) is 24.0 Å². The highest BCUT2D eigenvalue weighted by Gasteiger charge is 2.26. The summed E-state index contributed by atoms with van der Waals surface area (Å²) >= 11 is 1.86. The second-order valence-electron chi connectivity index (χ2n) is 4.92. The van der Waals surface area contributed by atoms with E-state index in [2.05, 4.69) is 15.1 Å². The number of fused-ring (bicyclic) bond motifs is 1. The lowest BCUT2D eigenvalue weighted by atomic mass is 10.1. The molecule has 0 radical (unpaired) electrons. The van der Waals surface area contributed by atoms with Crippen LogP contribution in [0.25, 0.3) is 5.65 Å². The summed E-state index contributed by atoms with van der Waals surface area (Å²) < 4.78 is 29.3. The van der Waals surface area contributed by atoms with Crippen LogP contribution < -0.4 is 16.0 Å². The Bertz CT molecular complexity index is 737. The van der Waals surface area contributed by atoms with Crippen LogP contribution >= 0.6 is 11.8 Å². The summed E-state index contributed by atoms with van der Waals surface area (Å²) in [6.45, 7) is 0.444. The van der Waals surface area contributed by atoms with Gasteiger partial charge in [0.05, 0.1) is 0 Å². The monoisotopic (exact) mass is 327 g/mol. The molecule has 7 nitrogen and oxygen atoms in total. The normalized spacial score (nSPS) is 19.2. The zero-order chi connectivity index (χ0) is 14.9. The lowest BCUT2D eigenvalue weighted by Gasteiger charge is -2.11. The van der Waals surface area contributed by atoms with Crippen molar-refractivity contribution in [3.8, 4) is 0 Å². The first-order valence-electron chi connectivity index (χ1n) is 6.63. The fraction of sp³-hybridized carbons (Fsp3) is 0.417. The Kier molecular flexibility index (Phi) is 4.07. The van der Waals surface area contributed by atoms with Crippen molar-refractivity contribution in [2.45, 2.75) is 11.4 Å². The van der Waals surface area contributed by atoms with Gasteiger partial charge in [-0.15, -0.1) is 0 Å². The van der Waals surface area contributed by atoms with Crippen molar-refractivity contribution in [1.82, 2.24) is 14.1 Å². The van der Waals surface area contributed by atoms with E-state index in [1.165, 1.54) is 4.40 Å². The number of aromatic nitrogens is 2. The van der Waals surface area contributed by atoms with E-state index in [1.54, 1.807) is 24.4 Å². The topological polar surface area (TPSA) is 102 Å². The van der Waals surface area contributed by atoms with Crippen molar-refractivity contribution >= 4 is 33.3 Å². The number of pyridine rings is 1. The van der Waals surface area contributed by atoms with Crippen LogP contribution in [-0.4, -0.2) is 35.9 Å². The van der Waals surface area contributed by atoms with Crippen LogP contribution in [0.4, 0.5) is 5.82 Å². The lowest BCUT2D eigenvalue weighted by Crippen LogP contribution is -2.31. The van der Waals surface area contributed by atoms with E-state index >= 15 is 0 Å². The molecule has 3 heterocycles. The summed E-state index contributed by atoms with van der Waals surface area (Å²) in [4.78, 5) is 4.18. The molecule has 3 rings (SSSR count). The number of sulfonamides is 1. The molecule has 0 saturated carbocycles. The molecule has 1 aliphatic rings. The van der Waals surface area contributed by atoms with Gasteiger partial charge in [0.2, 0.25) is 0 Å². The summed E-state index contributed by atoms with van der Waals surface area (Å²) in [5, 5.41) is 0.0475. The second kappa shape index (κ2) is 5.84. The lowest BCUT2D eigenvalue weighted by molar-refractivity contribution is 0.543. The number of hydrogen-bond acceptors (Lipinski definition) is 6. The number of nitrogens with one attached hydrogen (secondary N) is 2. The van der Waals surface area contributed by atoms with Crippen LogP contribution in [0.1, 0.15) is 6.42 Å². The third-order valence-corrected chi connectivity index (χ3v) is 6.14. The van der Waals surface area contributed by atoms with Gasteiger partial charge in [-0.3, -0.25) is 4.40 Å². The van der Waals surface area contributed by atoms with Crippen molar-refractivity contribution in [3.05, 3.63) is 24.4 Å². The van der Waals surface area contributed by atoms with Crippen LogP contribution in [0.2, 0.25) is 0 Å². The number of imidazole rings is 1. The minimum Gasteiger partial charge on any atom is -0.306 e. The van der Waals surface area contributed by atoms with Gasteiger partial charge in [0.15, 0.2) is 10.8 Å². The van der Waals surface area contributed by atoms with E-state index in [0.29, 0.717) is 18.1 Å². The Labute approximate surface area is 127 Å². The molecule has 114 valence electrons. The highest BCUT2D eigenvalue weighted by molar-refractivity contribution is 7.99. The van der Waals surface area contributed by atoms with Gasteiger partial charge in [0, 0.05) is 12.7 Å². The minimum absolute atomic E-state index is 0.0475. The minimum atomic E-state index is -3.68. The number of nitrogens with two attached hydrogens (primary N) is 1. The number of hydrazine groups is 1. The first-order valence-corrected chi connectivity index (χ1v) is 9.27. The maximum absolute atomic E-state index is 12.6. The number of nitrogen functional groups attached to an aromatic ring is 1. The fourth-order valence-electron chi connectivity index (χ4n) is 2.36. The SMILES string of the molecule is NNc1nc2ccccn2c1S(=O)(=O)NCC1CCSC1. The Balaban J connectivity index is 1.93. The summed E-state index contributed by atoms with van der Waals surface area (Å²) in [5.41, 5.74) is 2.89. The van der Waals surface area contributed by atoms with Crippen LogP contribution in [0.3, 0.4) is 0 Å². The van der Waals surface area contributed by atoms with Gasteiger partial charge in [0.25, 0.3) is 10.0 Å². The van der Waals surface area contributed by atoms with Gasteiger partial charge in [-0.1, -0.05) is 6.07 Å². The average molecular weight is 327 g/mol. The molecule has 1 fully saturated rings. The summed E-state index contributed by atoms with van der Waals surface area (Å²) in [6, 6.07) is 5.28. The number of anilines is 1. The van der Waals surface area contributed by atoms with Crippen LogP contribution in [0.15, 0.2) is 29.4 Å². The smallest absolute Gasteiger partial charge is 0.260 e. The zero-order valence-electron chi connectivity index (χ0n) is 11.3. The van der Waals surface area contributed by atoms with Crippen LogP contribution in [0.5, 0.6) is 0 Å². The molecule has 0 aromatic carbocycles. The first-order chi connectivity index (χ1) is 10.1. The average Bonchev–Trinajstić information content (AvgIpc) is 3.12. The maximum Gasteiger partial charge on any atom is 0.260 e. The summed E-state index contributed by atoms with van der Waals surface area (Å²) in [6.07, 6.45) is 2.70. The predicted molar refractivity (Wildman–Crippen MR) is 83.6 cm³/mol. The van der Waals surface area contributed by atoms with Crippen LogP contribution in [0, 0.1) is 5.92 Å². The van der Waals surface area contributed by atoms with E-state index in [1.807, 2.05) is 11.8 Å². The molecule has 1 aliphatic heterocycles. The molecule has 0 amide bonds. The van der Waals surface area contributed by atoms with Gasteiger partial charge >= 0.3 is 0 Å². The molecule has 4 N–H and O–H groups in total. The molecular formula is C12H17N5O2S2. The summed E-state index contributed by atoms with van der Waals surface area (Å²) in [5.74, 6) is 8.04. The van der Waals surface area contributed by atoms with Crippen molar-refractivity contribution in [2.75, 3.05) is 23.5 Å². The number of thioether (sulfide) groups is 1. The second-order valence-corrected chi connectivity index (χ2v) is 7.75. The van der Waals surface area contributed by atoms with Crippen molar-refractivity contribution in [2.24, 2.45) is 11.8 Å². The van der Waals surface area contributed by atoms with Crippen LogP contribution in [-0.2, 0) is 10.0 Å². The molecule has 1 saturated heterocycles. The molecule has 21 heavy (non-hydrogen) atoms. The quantitative estimate of drug-likeness (QED) is 0.551. The highest BCUT2D eigenvalue weighted by atomic mass is 32.2. The predicted octanol–water partition coefficient (Wildman–Crippen LogP) is 0.651. The Morgan fingerprint density at radius 2 is 2.33 bits per heavy atom. The molecule has 0 spiro atoms. The van der Waals surface area contributed by atoms with E-state index in [9.17, 15) is 8.42 Å². The third-order valence-electron chi connectivity index (χ3n) is 3.46. The van der Waals surface area contributed by atoms with Gasteiger partial charge < -0.3 is 5.43 Å². The van der Waals surface area contributed by atoms with Crippen molar-refractivity contribution in [3.63, 3.8) is 0 Å². The largest absolute Gasteiger partial charge is 0.306 e. The molecule has 2 aromatic rings. The zero-order valence-corrected chi connectivity index (χ0v) is 13.0. The van der Waals surface area contributed by atoms with Crippen molar-refractivity contribution < 1.29 is 8.42 Å². The molecule has 0 bridgehead atoms. The molecule has 2 aromatic heterocycles. The molecule has 0 aliphatic carbocycles. The van der Waals surface area contributed by atoms with E-state index in [4.69, 9.17) is 5.84 Å². The van der Waals surface area contributed by atoms with Gasteiger partial charge in [-0.05, 0) is 36.0 Å². The molecule has 9 heteroatoms. The third kappa shape index (κ3) is 2.86. The maximum atomic E-state index is 12.6. The Morgan fingerprint density at radius 1 is 1.48 bits per heavy atom. The van der Waals surface area contributed by atoms with E-state index in [-0.39, 0.29) is 10.8 Å². The highest BCUT2D eigenvalue weighted by Crippen LogP contribution is 2.25. The number of rotatable bonds is 5. The van der Waals surface area contributed by atoms with Gasteiger partial charge in [-0.2, -0.15) is 11.8 Å². The number of hydrogen-bond donors (Lipinski definition) is 3. The number of nitrogens with zero attached hydrogens (tertiary/aromatic N) is 2. The first kappa shape index (κ1) is 14.6. The summed E-state index contributed by atoms with van der Waals surface area (Å²) in [7, 11) is -3.68. The molecule has 1 atom stereocenters. The van der Waals surface area contributed by atoms with Crippen molar-refractivity contribution in [1.29, 1.82) is 0 Å². The van der Waals surface area contributed by atoms with Gasteiger partial charge in [0.1, 0.15) is 5.65 Å². The fourth-order valence-corrected chi connectivity index (χ4v) is 5.01. The van der Waals surface area contributed by atoms with E-state index < -0.39 is 10.0 Å². The molecule has 1 unspecified atom stereocenters. The standard InChI is InChI=1S/C12H17N5O2S2/c13-16-11-12(17-5-2-1-3-10(17)15-11)21(18,19)14-7-9-4-6-20-8-9/h1-3,5,9,14,16H,4,6-8,13H2. The van der Waals surface area contributed by atoms with E-state index in [0.717, 1.165) is 17.9 Å². The Morgan fingerprint density at radius 3 is 3.05 bits per heavy atom. The Hall–Kier alpha value is -1.29. The molecular weight excluding hydrogens is 310 g/mol.